The number of nitrogens with one attached hydrogen (secondary N) is 2. The maximum absolute atomic E-state index is 13.8. The predicted molar refractivity (Wildman–Crippen MR) is 123 cm³/mol. The van der Waals surface area contributed by atoms with Crippen LogP contribution in [0.5, 0.6) is 0 Å². The average Bonchev–Trinajstić information content (AvgIpc) is 3.36. The van der Waals surface area contributed by atoms with Gasteiger partial charge in [-0.1, -0.05) is 29.3 Å². The molecule has 11 heteroatoms. The molecule has 4 atom stereocenters. The Balaban J connectivity index is 1.67. The summed E-state index contributed by atoms with van der Waals surface area (Å²) in [6, 6.07) is 6.13. The molecule has 0 unspecified atom stereocenters. The van der Waals surface area contributed by atoms with Crippen LogP contribution in [-0.4, -0.2) is 29.7 Å². The summed E-state index contributed by atoms with van der Waals surface area (Å²) < 4.78 is 13.7. The first-order valence-corrected chi connectivity index (χ1v) is 11.3. The number of benzene rings is 2. The minimum Gasteiger partial charge on any atom is -0.370 e. The monoisotopic (exact) mass is 504 g/mol. The Morgan fingerprint density at radius 2 is 1.88 bits per heavy atom. The maximum atomic E-state index is 13.8. The van der Waals surface area contributed by atoms with Gasteiger partial charge in [-0.3, -0.25) is 24.5 Å². The van der Waals surface area contributed by atoms with Gasteiger partial charge in [0.2, 0.25) is 23.6 Å². The molecule has 0 aliphatic carbocycles. The molecular weight excluding hydrogens is 486 g/mol. The Morgan fingerprint density at radius 3 is 2.56 bits per heavy atom. The lowest BCUT2D eigenvalue weighted by Crippen LogP contribution is -2.53. The Morgan fingerprint density at radius 1 is 1.15 bits per heavy atom. The molecule has 4 amide bonds. The molecule has 0 saturated carbocycles. The van der Waals surface area contributed by atoms with Gasteiger partial charge in [0.05, 0.1) is 28.2 Å². The Hall–Kier alpha value is -3.01. The molecule has 5 rings (SSSR count). The molecule has 34 heavy (non-hydrogen) atoms. The molecule has 2 aromatic carbocycles. The van der Waals surface area contributed by atoms with Crippen LogP contribution in [0.1, 0.15) is 24.0 Å². The van der Waals surface area contributed by atoms with E-state index < -0.39 is 52.9 Å². The molecule has 0 bridgehead atoms. The fraction of sp³-hybridized carbons (Fsp3) is 0.304. The Bertz CT molecular complexity index is 1300. The van der Waals surface area contributed by atoms with E-state index in [2.05, 4.69) is 10.6 Å². The van der Waals surface area contributed by atoms with Crippen molar-refractivity contribution in [3.63, 3.8) is 0 Å². The summed E-state index contributed by atoms with van der Waals surface area (Å²) >= 11 is 12.1. The highest BCUT2D eigenvalue weighted by molar-refractivity contribution is 6.33. The first kappa shape index (κ1) is 22.8. The van der Waals surface area contributed by atoms with E-state index in [1.54, 1.807) is 19.1 Å². The molecule has 176 valence electrons. The number of carbonyl (C=O) groups is 4. The summed E-state index contributed by atoms with van der Waals surface area (Å²) in [5.41, 5.74) is 5.48. The van der Waals surface area contributed by atoms with Crippen LogP contribution in [0.2, 0.25) is 10.0 Å². The molecule has 2 fully saturated rings. The van der Waals surface area contributed by atoms with E-state index in [-0.39, 0.29) is 23.6 Å². The third-order valence-corrected chi connectivity index (χ3v) is 7.65. The predicted octanol–water partition coefficient (Wildman–Crippen LogP) is 2.63. The molecule has 4 N–H and O–H groups in total. The summed E-state index contributed by atoms with van der Waals surface area (Å²) in [5.74, 6) is -5.02. The smallest absolute Gasteiger partial charge is 0.250 e. The maximum Gasteiger partial charge on any atom is 0.250 e. The second-order valence-electron chi connectivity index (χ2n) is 8.73. The van der Waals surface area contributed by atoms with Crippen molar-refractivity contribution in [2.45, 2.75) is 31.3 Å². The molecule has 3 aliphatic rings. The number of nitrogens with two attached hydrogens (primary N) is 1. The summed E-state index contributed by atoms with van der Waals surface area (Å²) in [5, 5.41) is 6.22. The highest BCUT2D eigenvalue weighted by Crippen LogP contribution is 2.55. The zero-order valence-electron chi connectivity index (χ0n) is 17.8. The van der Waals surface area contributed by atoms with Gasteiger partial charge in [0, 0.05) is 23.0 Å². The van der Waals surface area contributed by atoms with Crippen molar-refractivity contribution in [1.29, 1.82) is 0 Å². The van der Waals surface area contributed by atoms with Crippen LogP contribution < -0.4 is 21.3 Å². The number of amides is 4. The van der Waals surface area contributed by atoms with Crippen molar-refractivity contribution in [2.75, 3.05) is 10.2 Å². The van der Waals surface area contributed by atoms with Crippen LogP contribution in [0.3, 0.4) is 0 Å². The lowest BCUT2D eigenvalue weighted by Gasteiger charge is -2.29. The molecule has 0 radical (unpaired) electrons. The highest BCUT2D eigenvalue weighted by Gasteiger charge is 2.70. The van der Waals surface area contributed by atoms with Crippen molar-refractivity contribution in [1.82, 2.24) is 5.32 Å². The van der Waals surface area contributed by atoms with Crippen LogP contribution in [0.15, 0.2) is 30.3 Å². The molecule has 0 aromatic heterocycles. The van der Waals surface area contributed by atoms with Gasteiger partial charge in [0.15, 0.2) is 0 Å². The van der Waals surface area contributed by atoms with Gasteiger partial charge in [0.1, 0.15) is 11.4 Å². The molecule has 2 saturated heterocycles. The average molecular weight is 505 g/mol. The first-order chi connectivity index (χ1) is 16.1. The highest BCUT2D eigenvalue weighted by atomic mass is 35.5. The van der Waals surface area contributed by atoms with Gasteiger partial charge in [-0.25, -0.2) is 9.29 Å². The zero-order valence-corrected chi connectivity index (χ0v) is 19.3. The normalized spacial score (nSPS) is 27.4. The van der Waals surface area contributed by atoms with E-state index in [4.69, 9.17) is 28.9 Å². The summed E-state index contributed by atoms with van der Waals surface area (Å²) in [7, 11) is 0. The number of nitrogens with zero attached hydrogens (tertiary/aromatic N) is 1. The number of halogens is 3. The lowest BCUT2D eigenvalue weighted by molar-refractivity contribution is -0.130. The summed E-state index contributed by atoms with van der Waals surface area (Å²) in [6.45, 7) is 1.74. The van der Waals surface area contributed by atoms with Crippen LogP contribution >= 0.6 is 23.2 Å². The molecule has 2 aromatic rings. The largest absolute Gasteiger partial charge is 0.370 e. The topological polar surface area (TPSA) is 122 Å². The number of rotatable bonds is 4. The van der Waals surface area contributed by atoms with Crippen LogP contribution in [0.4, 0.5) is 15.8 Å². The van der Waals surface area contributed by atoms with E-state index in [1.807, 2.05) is 0 Å². The van der Waals surface area contributed by atoms with E-state index in [1.165, 1.54) is 12.1 Å². The van der Waals surface area contributed by atoms with Crippen LogP contribution in [0, 0.1) is 24.6 Å². The third kappa shape index (κ3) is 3.00. The van der Waals surface area contributed by atoms with Crippen LogP contribution in [-0.2, 0) is 24.7 Å². The van der Waals surface area contributed by atoms with Crippen LogP contribution in [0.25, 0.3) is 0 Å². The van der Waals surface area contributed by atoms with Gasteiger partial charge < -0.3 is 11.1 Å². The van der Waals surface area contributed by atoms with Gasteiger partial charge in [-0.05, 0) is 43.2 Å². The second kappa shape index (κ2) is 7.76. The molecule has 3 aliphatic heterocycles. The number of imide groups is 1. The number of hydrogen-bond acceptors (Lipinski definition) is 5. The standard InChI is InChI=1S/C23H19Cl2FN4O4/c1-9-12(24)4-3-11-19(9)28-22(34)23(11)18-17(15(29-23)6-7-16(27)31)20(32)30(21(18)33)10-2-5-14(26)13(25)8-10/h2-5,8,15,17-18,29H,6-7H2,1H3,(H2,27,31)(H,28,34)/t15-,17+,18-,23+/m0/s1. The van der Waals surface area contributed by atoms with Gasteiger partial charge in [0.25, 0.3) is 0 Å². The number of primary amides is 1. The summed E-state index contributed by atoms with van der Waals surface area (Å²) in [6.07, 6.45) is 0.0966. The number of hydrogen-bond donors (Lipinski definition) is 3. The minimum atomic E-state index is -1.55. The lowest BCUT2D eigenvalue weighted by atomic mass is 9.76. The molecular formula is C23H19Cl2FN4O4. The van der Waals surface area contributed by atoms with Crippen molar-refractivity contribution in [3.8, 4) is 0 Å². The fourth-order valence-electron chi connectivity index (χ4n) is 5.41. The zero-order chi connectivity index (χ0) is 24.5. The van der Waals surface area contributed by atoms with Gasteiger partial charge >= 0.3 is 0 Å². The molecule has 3 heterocycles. The van der Waals surface area contributed by atoms with E-state index in [0.717, 1.165) is 11.0 Å². The van der Waals surface area contributed by atoms with Crippen molar-refractivity contribution in [3.05, 3.63) is 57.3 Å². The van der Waals surface area contributed by atoms with Crippen molar-refractivity contribution in [2.24, 2.45) is 17.6 Å². The van der Waals surface area contributed by atoms with E-state index >= 15 is 0 Å². The second-order valence-corrected chi connectivity index (χ2v) is 9.54. The molecule has 1 spiro atoms. The minimum absolute atomic E-state index is 0.0467. The SMILES string of the molecule is Cc1c(Cl)ccc2c1NC(=O)[C@@]21N[C@@H](CCC(N)=O)[C@H]2C(=O)N(c3ccc(F)c(Cl)c3)C(=O)[C@H]21. The Kier molecular flexibility index (Phi) is 5.20. The summed E-state index contributed by atoms with van der Waals surface area (Å²) in [4.78, 5) is 53.3. The van der Waals surface area contributed by atoms with Gasteiger partial charge in [-0.2, -0.15) is 0 Å². The van der Waals surface area contributed by atoms with E-state index in [9.17, 15) is 23.6 Å². The van der Waals surface area contributed by atoms with Gasteiger partial charge in [-0.15, -0.1) is 0 Å². The number of fused-ring (bicyclic) bond motifs is 4. The number of anilines is 2. The van der Waals surface area contributed by atoms with Crippen molar-refractivity contribution >= 4 is 58.2 Å². The molecule has 8 nitrogen and oxygen atoms in total. The quantitative estimate of drug-likeness (QED) is 0.552. The van der Waals surface area contributed by atoms with Crippen molar-refractivity contribution < 1.29 is 23.6 Å². The van der Waals surface area contributed by atoms with E-state index in [0.29, 0.717) is 21.8 Å². The number of carbonyl (C=O) groups excluding carboxylic acids is 4. The fourth-order valence-corrected chi connectivity index (χ4v) is 5.75. The first-order valence-electron chi connectivity index (χ1n) is 10.6. The third-order valence-electron chi connectivity index (χ3n) is 6.95. The Labute approximate surface area is 203 Å².